The summed E-state index contributed by atoms with van der Waals surface area (Å²) in [5, 5.41) is 7.49. The summed E-state index contributed by atoms with van der Waals surface area (Å²) >= 11 is 5.83. The molecule has 194 valence electrons. The molecule has 3 heterocycles. The Morgan fingerprint density at radius 1 is 1.03 bits per heavy atom. The quantitative estimate of drug-likeness (QED) is 0.325. The Balaban J connectivity index is 1.25. The van der Waals surface area contributed by atoms with E-state index in [9.17, 15) is 9.59 Å². The second-order valence-electron chi connectivity index (χ2n) is 9.94. The largest absolute Gasteiger partial charge is 0.338 e. The summed E-state index contributed by atoms with van der Waals surface area (Å²) in [6.45, 7) is 5.47. The summed E-state index contributed by atoms with van der Waals surface area (Å²) in [6.07, 6.45) is 4.14. The van der Waals surface area contributed by atoms with E-state index in [0.29, 0.717) is 46.9 Å². The minimum absolute atomic E-state index is 0.0227. The third kappa shape index (κ3) is 5.34. The molecule has 2 aromatic carbocycles. The second-order valence-corrected chi connectivity index (χ2v) is 10.3. The van der Waals surface area contributed by atoms with Gasteiger partial charge in [0.15, 0.2) is 0 Å². The SMILES string of the molecule is Cc1ccc(C(=O)N2CC[C@H](c3ccc(-c4ccnn4C)cc3)[C@@H](C)C2)cc1NC(=O)c1ccc(Cl)nc1. The highest BCUT2D eigenvalue weighted by Gasteiger charge is 2.30. The van der Waals surface area contributed by atoms with Crippen LogP contribution in [0.15, 0.2) is 73.1 Å². The lowest BCUT2D eigenvalue weighted by atomic mass is 9.81. The van der Waals surface area contributed by atoms with E-state index in [1.807, 2.05) is 41.8 Å². The molecule has 1 fully saturated rings. The molecule has 2 atom stereocenters. The zero-order chi connectivity index (χ0) is 26.8. The number of nitrogens with zero attached hydrogens (tertiary/aromatic N) is 4. The summed E-state index contributed by atoms with van der Waals surface area (Å²) in [6, 6.07) is 19.4. The van der Waals surface area contributed by atoms with Crippen LogP contribution in [-0.2, 0) is 7.05 Å². The predicted octanol–water partition coefficient (Wildman–Crippen LogP) is 5.96. The Bertz CT molecular complexity index is 1460. The van der Waals surface area contributed by atoms with Gasteiger partial charge in [-0.05, 0) is 72.2 Å². The fraction of sp³-hybridized carbons (Fsp3) is 0.267. The lowest BCUT2D eigenvalue weighted by molar-refractivity contribution is 0.0660. The van der Waals surface area contributed by atoms with Gasteiger partial charge in [-0.3, -0.25) is 14.3 Å². The van der Waals surface area contributed by atoms with Crippen molar-refractivity contribution in [3.63, 3.8) is 0 Å². The summed E-state index contributed by atoms with van der Waals surface area (Å²) in [4.78, 5) is 32.0. The summed E-state index contributed by atoms with van der Waals surface area (Å²) in [5.41, 5.74) is 5.96. The van der Waals surface area contributed by atoms with E-state index < -0.39 is 0 Å². The van der Waals surface area contributed by atoms with Gasteiger partial charge in [0.2, 0.25) is 0 Å². The molecule has 0 bridgehead atoms. The number of hydrogen-bond acceptors (Lipinski definition) is 4. The molecular formula is C30H30ClN5O2. The number of halogens is 1. The maximum absolute atomic E-state index is 13.4. The molecule has 1 aliphatic heterocycles. The van der Waals surface area contributed by atoms with Crippen molar-refractivity contribution in [1.82, 2.24) is 19.7 Å². The van der Waals surface area contributed by atoms with Gasteiger partial charge in [0, 0.05) is 43.8 Å². The zero-order valence-corrected chi connectivity index (χ0v) is 22.4. The third-order valence-electron chi connectivity index (χ3n) is 7.37. The summed E-state index contributed by atoms with van der Waals surface area (Å²) in [5.74, 6) is 0.383. The number of aromatic nitrogens is 3. The molecule has 1 N–H and O–H groups in total. The minimum Gasteiger partial charge on any atom is -0.338 e. The van der Waals surface area contributed by atoms with Crippen molar-refractivity contribution < 1.29 is 9.59 Å². The molecule has 1 aliphatic rings. The van der Waals surface area contributed by atoms with Crippen LogP contribution in [-0.4, -0.2) is 44.6 Å². The van der Waals surface area contributed by atoms with E-state index in [1.54, 1.807) is 24.4 Å². The van der Waals surface area contributed by atoms with Gasteiger partial charge < -0.3 is 10.2 Å². The average Bonchev–Trinajstić information content (AvgIpc) is 3.35. The third-order valence-corrected chi connectivity index (χ3v) is 7.59. The lowest BCUT2D eigenvalue weighted by Gasteiger charge is -2.37. The van der Waals surface area contributed by atoms with E-state index in [0.717, 1.165) is 23.2 Å². The van der Waals surface area contributed by atoms with Gasteiger partial charge >= 0.3 is 0 Å². The number of pyridine rings is 1. The Morgan fingerprint density at radius 2 is 1.79 bits per heavy atom. The molecular weight excluding hydrogens is 498 g/mol. The van der Waals surface area contributed by atoms with Crippen LogP contribution in [0.25, 0.3) is 11.3 Å². The summed E-state index contributed by atoms with van der Waals surface area (Å²) < 4.78 is 1.87. The highest BCUT2D eigenvalue weighted by molar-refractivity contribution is 6.29. The van der Waals surface area contributed by atoms with E-state index >= 15 is 0 Å². The van der Waals surface area contributed by atoms with Crippen molar-refractivity contribution in [2.45, 2.75) is 26.2 Å². The first-order chi connectivity index (χ1) is 18.3. The second kappa shape index (κ2) is 10.8. The molecule has 2 amide bonds. The minimum atomic E-state index is -0.300. The number of anilines is 1. The molecule has 7 nitrogen and oxygen atoms in total. The van der Waals surface area contributed by atoms with Crippen molar-refractivity contribution in [1.29, 1.82) is 0 Å². The van der Waals surface area contributed by atoms with Crippen LogP contribution >= 0.6 is 11.6 Å². The van der Waals surface area contributed by atoms with Gasteiger partial charge in [0.1, 0.15) is 5.15 Å². The number of hydrogen-bond donors (Lipinski definition) is 1. The molecule has 0 aliphatic carbocycles. The van der Waals surface area contributed by atoms with E-state index in [2.05, 4.69) is 46.6 Å². The normalized spacial score (nSPS) is 17.3. The molecule has 5 rings (SSSR count). The van der Waals surface area contributed by atoms with Crippen LogP contribution in [0, 0.1) is 12.8 Å². The Labute approximate surface area is 227 Å². The van der Waals surface area contributed by atoms with Crippen molar-refractivity contribution in [2.24, 2.45) is 13.0 Å². The number of piperidine rings is 1. The highest BCUT2D eigenvalue weighted by Crippen LogP contribution is 2.34. The van der Waals surface area contributed by atoms with Crippen LogP contribution in [0.1, 0.15) is 51.1 Å². The van der Waals surface area contributed by atoms with Gasteiger partial charge in [0.25, 0.3) is 11.8 Å². The van der Waals surface area contributed by atoms with E-state index in [-0.39, 0.29) is 11.8 Å². The van der Waals surface area contributed by atoms with Crippen LogP contribution in [0.5, 0.6) is 0 Å². The van der Waals surface area contributed by atoms with Crippen LogP contribution in [0.2, 0.25) is 5.15 Å². The molecule has 38 heavy (non-hydrogen) atoms. The molecule has 0 saturated carbocycles. The van der Waals surface area contributed by atoms with Crippen LogP contribution < -0.4 is 5.32 Å². The average molecular weight is 528 g/mol. The van der Waals surface area contributed by atoms with Crippen molar-refractivity contribution in [2.75, 3.05) is 18.4 Å². The number of aryl methyl sites for hydroxylation is 2. The molecule has 8 heteroatoms. The van der Waals surface area contributed by atoms with Crippen LogP contribution in [0.4, 0.5) is 5.69 Å². The number of benzene rings is 2. The fourth-order valence-electron chi connectivity index (χ4n) is 5.16. The van der Waals surface area contributed by atoms with Gasteiger partial charge in [-0.25, -0.2) is 4.98 Å². The summed E-state index contributed by atoms with van der Waals surface area (Å²) in [7, 11) is 1.94. The molecule has 2 aromatic heterocycles. The molecule has 4 aromatic rings. The smallest absolute Gasteiger partial charge is 0.257 e. The van der Waals surface area contributed by atoms with E-state index in [1.165, 1.54) is 11.8 Å². The predicted molar refractivity (Wildman–Crippen MR) is 149 cm³/mol. The van der Waals surface area contributed by atoms with Gasteiger partial charge in [0.05, 0.1) is 11.3 Å². The monoisotopic (exact) mass is 527 g/mol. The maximum Gasteiger partial charge on any atom is 0.257 e. The van der Waals surface area contributed by atoms with E-state index in [4.69, 9.17) is 11.6 Å². The molecule has 0 spiro atoms. The first kappa shape index (κ1) is 25.7. The number of nitrogens with one attached hydrogen (secondary N) is 1. The number of amides is 2. The number of carbonyl (C=O) groups excluding carboxylic acids is 2. The Hall–Kier alpha value is -3.97. The standard InChI is InChI=1S/C30H30ClN5O2/c1-19-4-5-23(16-26(19)34-29(37)24-10-11-28(31)32-17-24)30(38)36-15-13-25(20(2)18-36)21-6-8-22(9-7-21)27-12-14-33-35(27)3/h4-12,14,16-17,20,25H,13,15,18H2,1-3H3,(H,34,37)/t20-,25-/m0/s1. The van der Waals surface area contributed by atoms with Crippen molar-refractivity contribution in [3.8, 4) is 11.3 Å². The molecule has 0 unspecified atom stereocenters. The fourth-order valence-corrected chi connectivity index (χ4v) is 5.27. The maximum atomic E-state index is 13.4. The van der Waals surface area contributed by atoms with Crippen molar-refractivity contribution >= 4 is 29.1 Å². The van der Waals surface area contributed by atoms with Gasteiger partial charge in [-0.1, -0.05) is 48.9 Å². The van der Waals surface area contributed by atoms with Gasteiger partial charge in [-0.2, -0.15) is 5.10 Å². The number of rotatable bonds is 5. The highest BCUT2D eigenvalue weighted by atomic mass is 35.5. The number of carbonyl (C=O) groups is 2. The Kier molecular flexibility index (Phi) is 7.29. The molecule has 0 radical (unpaired) electrons. The zero-order valence-electron chi connectivity index (χ0n) is 21.7. The first-order valence-electron chi connectivity index (χ1n) is 12.7. The number of likely N-dealkylation sites (tertiary alicyclic amines) is 1. The van der Waals surface area contributed by atoms with Crippen LogP contribution in [0.3, 0.4) is 0 Å². The molecule has 1 saturated heterocycles. The first-order valence-corrected chi connectivity index (χ1v) is 13.1. The van der Waals surface area contributed by atoms with Gasteiger partial charge in [-0.15, -0.1) is 0 Å². The lowest BCUT2D eigenvalue weighted by Crippen LogP contribution is -2.42. The topological polar surface area (TPSA) is 80.1 Å². The van der Waals surface area contributed by atoms with Crippen molar-refractivity contribution in [3.05, 3.63) is 100 Å². The Morgan fingerprint density at radius 3 is 2.45 bits per heavy atom.